The molecule has 190 valence electrons. The SMILES string of the molecule is CCOc1cc(/C=C2/SC(=S)N(NC(=O)c3ccccc3Cl)C2=O)cc(Br)c1OCc1cccc(Br)c1. The van der Waals surface area contributed by atoms with Gasteiger partial charge in [0.25, 0.3) is 11.8 Å². The average Bonchev–Trinajstić information content (AvgIpc) is 3.11. The Hall–Kier alpha value is -2.37. The number of carbonyl (C=O) groups is 2. The van der Waals surface area contributed by atoms with Gasteiger partial charge in [-0.25, -0.2) is 0 Å². The summed E-state index contributed by atoms with van der Waals surface area (Å²) in [4.78, 5) is 26.0. The van der Waals surface area contributed by atoms with Gasteiger partial charge in [0.15, 0.2) is 15.8 Å². The van der Waals surface area contributed by atoms with Crippen LogP contribution < -0.4 is 14.9 Å². The number of nitrogens with zero attached hydrogens (tertiary/aromatic N) is 1. The van der Waals surface area contributed by atoms with Crippen molar-refractivity contribution in [2.75, 3.05) is 6.61 Å². The normalized spacial score (nSPS) is 14.3. The third-order valence-electron chi connectivity index (χ3n) is 5.03. The molecule has 0 saturated carbocycles. The number of thioether (sulfide) groups is 1. The predicted molar refractivity (Wildman–Crippen MR) is 158 cm³/mol. The molecule has 1 aliphatic heterocycles. The number of ether oxygens (including phenoxy) is 2. The fraction of sp³-hybridized carbons (Fsp3) is 0.115. The Morgan fingerprint density at radius 2 is 1.92 bits per heavy atom. The molecule has 0 atom stereocenters. The Bertz CT molecular complexity index is 1420. The van der Waals surface area contributed by atoms with Crippen LogP contribution in [-0.4, -0.2) is 27.8 Å². The highest BCUT2D eigenvalue weighted by atomic mass is 79.9. The van der Waals surface area contributed by atoms with Gasteiger partial charge in [-0.1, -0.05) is 63.6 Å². The number of thiocarbonyl (C=S) groups is 1. The lowest BCUT2D eigenvalue weighted by atomic mass is 10.1. The monoisotopic (exact) mass is 680 g/mol. The third kappa shape index (κ3) is 6.74. The van der Waals surface area contributed by atoms with E-state index in [-0.39, 0.29) is 14.9 Å². The van der Waals surface area contributed by atoms with Crippen LogP contribution in [0.15, 0.2) is 74.5 Å². The van der Waals surface area contributed by atoms with Crippen molar-refractivity contribution in [2.24, 2.45) is 0 Å². The quantitative estimate of drug-likeness (QED) is 0.198. The Morgan fingerprint density at radius 3 is 2.65 bits per heavy atom. The van der Waals surface area contributed by atoms with E-state index in [0.29, 0.717) is 39.7 Å². The summed E-state index contributed by atoms with van der Waals surface area (Å²) in [5, 5.41) is 1.32. The minimum atomic E-state index is -0.531. The van der Waals surface area contributed by atoms with E-state index >= 15 is 0 Å². The molecule has 0 spiro atoms. The summed E-state index contributed by atoms with van der Waals surface area (Å²) in [6, 6.07) is 18.0. The first-order valence-electron chi connectivity index (χ1n) is 10.9. The molecule has 1 heterocycles. The number of hydrazine groups is 1. The number of hydrogen-bond acceptors (Lipinski definition) is 6. The fourth-order valence-electron chi connectivity index (χ4n) is 3.38. The van der Waals surface area contributed by atoms with Crippen LogP contribution in [-0.2, 0) is 11.4 Å². The van der Waals surface area contributed by atoms with Crippen molar-refractivity contribution in [3.8, 4) is 11.5 Å². The van der Waals surface area contributed by atoms with Gasteiger partial charge in [-0.3, -0.25) is 15.0 Å². The first-order valence-corrected chi connectivity index (χ1v) is 14.1. The highest BCUT2D eigenvalue weighted by Gasteiger charge is 2.34. The van der Waals surface area contributed by atoms with Crippen LogP contribution in [0.5, 0.6) is 11.5 Å². The van der Waals surface area contributed by atoms with Gasteiger partial charge in [-0.05, 0) is 88.7 Å². The van der Waals surface area contributed by atoms with Crippen LogP contribution in [0.1, 0.15) is 28.4 Å². The smallest absolute Gasteiger partial charge is 0.285 e. The topological polar surface area (TPSA) is 67.9 Å². The van der Waals surface area contributed by atoms with Gasteiger partial charge in [-0.2, -0.15) is 5.01 Å². The number of nitrogens with one attached hydrogen (secondary N) is 1. The predicted octanol–water partition coefficient (Wildman–Crippen LogP) is 7.39. The van der Waals surface area contributed by atoms with Gasteiger partial charge < -0.3 is 9.47 Å². The Morgan fingerprint density at radius 1 is 1.14 bits per heavy atom. The molecule has 2 amide bonds. The van der Waals surface area contributed by atoms with E-state index in [0.717, 1.165) is 26.8 Å². The average molecular weight is 683 g/mol. The maximum absolute atomic E-state index is 13.1. The lowest BCUT2D eigenvalue weighted by Gasteiger charge is -2.16. The summed E-state index contributed by atoms with van der Waals surface area (Å²) in [5.41, 5.74) is 4.47. The van der Waals surface area contributed by atoms with E-state index in [1.807, 2.05) is 37.3 Å². The van der Waals surface area contributed by atoms with E-state index in [1.165, 1.54) is 0 Å². The maximum Gasteiger partial charge on any atom is 0.285 e. The van der Waals surface area contributed by atoms with Gasteiger partial charge in [0, 0.05) is 4.47 Å². The Labute approximate surface area is 245 Å². The minimum Gasteiger partial charge on any atom is -0.490 e. The number of halogens is 3. The number of carbonyl (C=O) groups excluding carboxylic acids is 2. The first kappa shape index (κ1) is 27.7. The zero-order valence-corrected chi connectivity index (χ0v) is 24.9. The zero-order chi connectivity index (χ0) is 26.5. The molecule has 0 bridgehead atoms. The molecule has 0 aromatic heterocycles. The largest absolute Gasteiger partial charge is 0.490 e. The highest BCUT2D eigenvalue weighted by Crippen LogP contribution is 2.39. The number of amides is 2. The molecule has 0 aliphatic carbocycles. The van der Waals surface area contributed by atoms with Crippen molar-refractivity contribution < 1.29 is 19.1 Å². The lowest BCUT2D eigenvalue weighted by molar-refractivity contribution is -0.123. The standard InChI is InChI=1S/C26H19Br2ClN2O4S2/c1-2-34-21-12-16(11-19(28)23(21)35-14-15-6-5-7-17(27)10-15)13-22-25(33)31(26(36)37-22)30-24(32)18-8-3-4-9-20(18)29/h3-13H,2,14H2,1H3,(H,30,32)/b22-13+. The van der Waals surface area contributed by atoms with Crippen molar-refractivity contribution in [2.45, 2.75) is 13.5 Å². The van der Waals surface area contributed by atoms with Gasteiger partial charge >= 0.3 is 0 Å². The second-order valence-corrected chi connectivity index (χ2v) is 11.5. The van der Waals surface area contributed by atoms with Crippen molar-refractivity contribution in [1.82, 2.24) is 10.4 Å². The van der Waals surface area contributed by atoms with E-state index in [4.69, 9.17) is 33.3 Å². The molecule has 0 unspecified atom stereocenters. The highest BCUT2D eigenvalue weighted by molar-refractivity contribution is 9.10. The van der Waals surface area contributed by atoms with E-state index in [1.54, 1.807) is 36.4 Å². The van der Waals surface area contributed by atoms with E-state index in [9.17, 15) is 9.59 Å². The van der Waals surface area contributed by atoms with Crippen molar-refractivity contribution >= 4 is 89.7 Å². The van der Waals surface area contributed by atoms with Gasteiger partial charge in [0.05, 0.1) is 26.6 Å². The zero-order valence-electron chi connectivity index (χ0n) is 19.3. The van der Waals surface area contributed by atoms with Crippen LogP contribution in [0.25, 0.3) is 6.08 Å². The second kappa shape index (κ2) is 12.4. The third-order valence-corrected chi connectivity index (χ3v) is 7.74. The molecule has 6 nitrogen and oxygen atoms in total. The molecule has 1 saturated heterocycles. The number of hydrogen-bond donors (Lipinski definition) is 1. The summed E-state index contributed by atoms with van der Waals surface area (Å²) >= 11 is 19.6. The van der Waals surface area contributed by atoms with Crippen LogP contribution in [0, 0.1) is 0 Å². The molecular formula is C26H19Br2ClN2O4S2. The molecule has 1 fully saturated rings. The van der Waals surface area contributed by atoms with Crippen LogP contribution in [0.3, 0.4) is 0 Å². The summed E-state index contributed by atoms with van der Waals surface area (Å²) in [6.07, 6.45) is 1.69. The summed E-state index contributed by atoms with van der Waals surface area (Å²) in [7, 11) is 0. The Kier molecular flexibility index (Phi) is 9.31. The molecular weight excluding hydrogens is 664 g/mol. The summed E-state index contributed by atoms with van der Waals surface area (Å²) in [6.45, 7) is 2.66. The lowest BCUT2D eigenvalue weighted by Crippen LogP contribution is -2.44. The molecule has 4 rings (SSSR count). The van der Waals surface area contributed by atoms with Crippen molar-refractivity contribution in [3.63, 3.8) is 0 Å². The minimum absolute atomic E-state index is 0.203. The van der Waals surface area contributed by atoms with E-state index < -0.39 is 11.8 Å². The van der Waals surface area contributed by atoms with Crippen LogP contribution in [0.4, 0.5) is 0 Å². The van der Waals surface area contributed by atoms with Crippen LogP contribution >= 0.6 is 67.4 Å². The van der Waals surface area contributed by atoms with Gasteiger partial charge in [0.2, 0.25) is 0 Å². The second-order valence-electron chi connectivity index (χ2n) is 7.62. The maximum atomic E-state index is 13.1. The van der Waals surface area contributed by atoms with E-state index in [2.05, 4.69) is 37.3 Å². The summed E-state index contributed by atoms with van der Waals surface area (Å²) in [5.74, 6) is 0.107. The number of benzene rings is 3. The first-order chi connectivity index (χ1) is 17.8. The molecule has 37 heavy (non-hydrogen) atoms. The van der Waals surface area contributed by atoms with Gasteiger partial charge in [0.1, 0.15) is 6.61 Å². The molecule has 3 aromatic carbocycles. The molecule has 1 aliphatic rings. The molecule has 1 N–H and O–H groups in total. The van der Waals surface area contributed by atoms with Gasteiger partial charge in [-0.15, -0.1) is 0 Å². The van der Waals surface area contributed by atoms with Crippen molar-refractivity contribution in [1.29, 1.82) is 0 Å². The summed E-state index contributed by atoms with van der Waals surface area (Å²) < 4.78 is 13.7. The van der Waals surface area contributed by atoms with Crippen molar-refractivity contribution in [3.05, 3.63) is 96.2 Å². The number of rotatable bonds is 8. The fourth-order valence-corrected chi connectivity index (χ4v) is 5.80. The molecule has 11 heteroatoms. The molecule has 3 aromatic rings. The van der Waals surface area contributed by atoms with Crippen LogP contribution in [0.2, 0.25) is 5.02 Å². The molecule has 0 radical (unpaired) electrons. The Balaban J connectivity index is 1.54.